The van der Waals surface area contributed by atoms with Crippen LogP contribution < -0.4 is 11.1 Å². The molecule has 0 spiro atoms. The molecular weight excluding hydrogens is 276 g/mol. The van der Waals surface area contributed by atoms with Crippen molar-refractivity contribution in [2.45, 2.75) is 26.3 Å². The number of benzene rings is 1. The van der Waals surface area contributed by atoms with E-state index >= 15 is 0 Å². The molecule has 0 bridgehead atoms. The van der Waals surface area contributed by atoms with Crippen LogP contribution in [0.4, 0.5) is 11.4 Å². The van der Waals surface area contributed by atoms with Gasteiger partial charge in [0.25, 0.3) is 0 Å². The number of anilines is 2. The highest BCUT2D eigenvalue weighted by molar-refractivity contribution is 6.33. The summed E-state index contributed by atoms with van der Waals surface area (Å²) < 4.78 is 1.82. The number of hydrogen-bond acceptors (Lipinski definition) is 3. The maximum Gasteiger partial charge on any atom is 0.244 e. The van der Waals surface area contributed by atoms with E-state index in [-0.39, 0.29) is 18.4 Å². The third kappa shape index (κ3) is 3.30. The van der Waals surface area contributed by atoms with Gasteiger partial charge in [-0.2, -0.15) is 0 Å². The topological polar surface area (TPSA) is 72.9 Å². The number of nitrogen functional groups attached to an aromatic ring is 1. The quantitative estimate of drug-likeness (QED) is 0.851. The van der Waals surface area contributed by atoms with E-state index in [1.165, 1.54) is 0 Å². The highest BCUT2D eigenvalue weighted by atomic mass is 35.5. The molecule has 1 heterocycles. The Morgan fingerprint density at radius 2 is 2.25 bits per heavy atom. The van der Waals surface area contributed by atoms with Crippen molar-refractivity contribution in [1.82, 2.24) is 9.55 Å². The standard InChI is InChI=1S/C14H17ClN4O/c1-9(2)14-17-5-6-19(14)8-13(20)18-12-7-10(16)3-4-11(12)15/h3-7,9H,8,16H2,1-2H3,(H,18,20). The van der Waals surface area contributed by atoms with E-state index in [1.54, 1.807) is 30.6 Å². The highest BCUT2D eigenvalue weighted by Crippen LogP contribution is 2.24. The molecule has 0 aliphatic heterocycles. The summed E-state index contributed by atoms with van der Waals surface area (Å²) in [7, 11) is 0. The minimum absolute atomic E-state index is 0.169. The van der Waals surface area contributed by atoms with Crippen LogP contribution in [0.2, 0.25) is 5.02 Å². The Kier molecular flexibility index (Phi) is 4.29. The van der Waals surface area contributed by atoms with E-state index in [9.17, 15) is 4.79 Å². The van der Waals surface area contributed by atoms with E-state index in [0.717, 1.165) is 5.82 Å². The third-order valence-electron chi connectivity index (χ3n) is 2.84. The zero-order valence-electron chi connectivity index (χ0n) is 11.4. The number of carbonyl (C=O) groups is 1. The first-order valence-electron chi connectivity index (χ1n) is 6.33. The number of aromatic nitrogens is 2. The molecular formula is C14H17ClN4O. The van der Waals surface area contributed by atoms with Gasteiger partial charge in [-0.3, -0.25) is 4.79 Å². The first-order chi connectivity index (χ1) is 9.47. The van der Waals surface area contributed by atoms with Crippen LogP contribution in [0.15, 0.2) is 30.6 Å². The SMILES string of the molecule is CC(C)c1nccn1CC(=O)Nc1cc(N)ccc1Cl. The zero-order chi connectivity index (χ0) is 14.7. The summed E-state index contributed by atoms with van der Waals surface area (Å²) in [6.07, 6.45) is 3.48. The number of halogens is 1. The van der Waals surface area contributed by atoms with E-state index in [4.69, 9.17) is 17.3 Å². The van der Waals surface area contributed by atoms with Crippen molar-refractivity contribution in [3.63, 3.8) is 0 Å². The number of hydrogen-bond donors (Lipinski definition) is 2. The molecule has 0 saturated carbocycles. The molecule has 20 heavy (non-hydrogen) atoms. The summed E-state index contributed by atoms with van der Waals surface area (Å²) in [5.41, 5.74) is 6.75. The van der Waals surface area contributed by atoms with E-state index in [1.807, 2.05) is 18.4 Å². The van der Waals surface area contributed by atoms with Crippen LogP contribution in [0, 0.1) is 0 Å². The van der Waals surface area contributed by atoms with Crippen LogP contribution >= 0.6 is 11.6 Å². The van der Waals surface area contributed by atoms with Gasteiger partial charge in [0.1, 0.15) is 12.4 Å². The van der Waals surface area contributed by atoms with Crippen molar-refractivity contribution in [2.24, 2.45) is 0 Å². The predicted molar refractivity (Wildman–Crippen MR) is 80.8 cm³/mol. The number of imidazole rings is 1. The van der Waals surface area contributed by atoms with Crippen LogP contribution in [-0.4, -0.2) is 15.5 Å². The predicted octanol–water partition coefficient (Wildman–Crippen LogP) is 2.88. The Hall–Kier alpha value is -2.01. The Balaban J connectivity index is 2.09. The van der Waals surface area contributed by atoms with Crippen molar-refractivity contribution in [1.29, 1.82) is 0 Å². The molecule has 5 nitrogen and oxygen atoms in total. The first kappa shape index (κ1) is 14.4. The summed E-state index contributed by atoms with van der Waals surface area (Å²) >= 11 is 6.01. The van der Waals surface area contributed by atoms with Crippen molar-refractivity contribution >= 4 is 28.9 Å². The molecule has 0 fully saturated rings. The number of nitrogens with two attached hydrogens (primary N) is 1. The molecule has 6 heteroatoms. The van der Waals surface area contributed by atoms with Crippen LogP contribution in [0.25, 0.3) is 0 Å². The molecule has 1 aromatic carbocycles. The van der Waals surface area contributed by atoms with Gasteiger partial charge >= 0.3 is 0 Å². The number of carbonyl (C=O) groups excluding carboxylic acids is 1. The fourth-order valence-electron chi connectivity index (χ4n) is 1.94. The molecule has 0 aliphatic rings. The summed E-state index contributed by atoms with van der Waals surface area (Å²) in [4.78, 5) is 16.3. The van der Waals surface area contributed by atoms with Gasteiger partial charge in [0.2, 0.25) is 5.91 Å². The average Bonchev–Trinajstić information content (AvgIpc) is 2.82. The summed E-state index contributed by atoms with van der Waals surface area (Å²) in [6, 6.07) is 4.98. The van der Waals surface area contributed by atoms with Gasteiger partial charge in [-0.15, -0.1) is 0 Å². The van der Waals surface area contributed by atoms with Crippen molar-refractivity contribution in [2.75, 3.05) is 11.1 Å². The van der Waals surface area contributed by atoms with Gasteiger partial charge in [-0.25, -0.2) is 4.98 Å². The monoisotopic (exact) mass is 292 g/mol. The number of nitrogens with zero attached hydrogens (tertiary/aromatic N) is 2. The molecule has 0 atom stereocenters. The maximum absolute atomic E-state index is 12.1. The molecule has 0 radical (unpaired) electrons. The third-order valence-corrected chi connectivity index (χ3v) is 3.17. The lowest BCUT2D eigenvalue weighted by Crippen LogP contribution is -2.20. The van der Waals surface area contributed by atoms with Gasteiger partial charge < -0.3 is 15.6 Å². The normalized spacial score (nSPS) is 10.8. The van der Waals surface area contributed by atoms with Gasteiger partial charge in [0.15, 0.2) is 0 Å². The van der Waals surface area contributed by atoms with Gasteiger partial charge in [-0.1, -0.05) is 25.4 Å². The van der Waals surface area contributed by atoms with Crippen LogP contribution in [0.5, 0.6) is 0 Å². The van der Waals surface area contributed by atoms with Gasteiger partial charge in [0.05, 0.1) is 10.7 Å². The largest absolute Gasteiger partial charge is 0.399 e. The lowest BCUT2D eigenvalue weighted by atomic mass is 10.2. The average molecular weight is 293 g/mol. The number of rotatable bonds is 4. The Bertz CT molecular complexity index is 621. The van der Waals surface area contributed by atoms with Crippen LogP contribution in [-0.2, 0) is 11.3 Å². The van der Waals surface area contributed by atoms with Crippen LogP contribution in [0.3, 0.4) is 0 Å². The van der Waals surface area contributed by atoms with E-state index in [0.29, 0.717) is 16.4 Å². The van der Waals surface area contributed by atoms with Crippen LogP contribution in [0.1, 0.15) is 25.6 Å². The second-order valence-electron chi connectivity index (χ2n) is 4.86. The first-order valence-corrected chi connectivity index (χ1v) is 6.71. The molecule has 0 unspecified atom stereocenters. The lowest BCUT2D eigenvalue weighted by Gasteiger charge is -2.11. The van der Waals surface area contributed by atoms with Crippen molar-refractivity contribution in [3.05, 3.63) is 41.4 Å². The minimum Gasteiger partial charge on any atom is -0.399 e. The van der Waals surface area contributed by atoms with Gasteiger partial charge in [-0.05, 0) is 18.2 Å². The summed E-state index contributed by atoms with van der Waals surface area (Å²) in [5.74, 6) is 0.963. The molecule has 2 rings (SSSR count). The zero-order valence-corrected chi connectivity index (χ0v) is 12.2. The van der Waals surface area contributed by atoms with Crippen molar-refractivity contribution < 1.29 is 4.79 Å². The van der Waals surface area contributed by atoms with E-state index in [2.05, 4.69) is 10.3 Å². The Labute approximate surface area is 122 Å². The smallest absolute Gasteiger partial charge is 0.244 e. The molecule has 106 valence electrons. The highest BCUT2D eigenvalue weighted by Gasteiger charge is 2.11. The minimum atomic E-state index is -0.169. The number of amides is 1. The fraction of sp³-hybridized carbons (Fsp3) is 0.286. The van der Waals surface area contributed by atoms with Crippen molar-refractivity contribution in [3.8, 4) is 0 Å². The second-order valence-corrected chi connectivity index (χ2v) is 5.26. The molecule has 1 amide bonds. The Morgan fingerprint density at radius 1 is 1.50 bits per heavy atom. The Morgan fingerprint density at radius 3 is 2.95 bits per heavy atom. The van der Waals surface area contributed by atoms with Gasteiger partial charge in [0, 0.05) is 24.0 Å². The molecule has 2 aromatic rings. The molecule has 1 aromatic heterocycles. The molecule has 0 saturated heterocycles. The molecule has 3 N–H and O–H groups in total. The second kappa shape index (κ2) is 5.96. The maximum atomic E-state index is 12.1. The summed E-state index contributed by atoms with van der Waals surface area (Å²) in [5, 5.41) is 3.22. The molecule has 0 aliphatic carbocycles. The fourth-order valence-corrected chi connectivity index (χ4v) is 2.10. The van der Waals surface area contributed by atoms with E-state index < -0.39 is 0 Å². The summed E-state index contributed by atoms with van der Waals surface area (Å²) in [6.45, 7) is 4.26. The lowest BCUT2D eigenvalue weighted by molar-refractivity contribution is -0.116. The number of nitrogens with one attached hydrogen (secondary N) is 1.